The molecule has 0 saturated heterocycles. The van der Waals surface area contributed by atoms with E-state index in [-0.39, 0.29) is 17.9 Å². The van der Waals surface area contributed by atoms with E-state index in [2.05, 4.69) is 11.6 Å². The third-order valence-electron chi connectivity index (χ3n) is 6.49. The normalized spacial score (nSPS) is 15.3. The number of carbonyl (C=O) groups is 2. The van der Waals surface area contributed by atoms with E-state index in [4.69, 9.17) is 25.5 Å². The van der Waals surface area contributed by atoms with E-state index in [9.17, 15) is 14.7 Å². The number of ether oxygens (including phenoxy) is 2. The number of rotatable bonds is 8. The van der Waals surface area contributed by atoms with Crippen molar-refractivity contribution in [3.8, 4) is 11.5 Å². The number of halogens is 1. The minimum Gasteiger partial charge on any atom is -0.503 e. The lowest BCUT2D eigenvalue weighted by atomic mass is 9.95. The van der Waals surface area contributed by atoms with Crippen LogP contribution in [0.5, 0.6) is 11.5 Å². The number of anilines is 1. The van der Waals surface area contributed by atoms with Gasteiger partial charge in [0.2, 0.25) is 5.78 Å². The predicted molar refractivity (Wildman–Crippen MR) is 154 cm³/mol. The summed E-state index contributed by atoms with van der Waals surface area (Å²) in [7, 11) is 1.50. The molecule has 5 aromatic rings. The van der Waals surface area contributed by atoms with Crippen LogP contribution in [0.4, 0.5) is 5.13 Å². The van der Waals surface area contributed by atoms with Crippen molar-refractivity contribution in [1.82, 2.24) is 4.98 Å². The number of nitrogens with zero attached hydrogens (tertiary/aromatic N) is 2. The Morgan fingerprint density at radius 1 is 1.20 bits per heavy atom. The van der Waals surface area contributed by atoms with E-state index in [0.29, 0.717) is 43.7 Å². The Hall–Kier alpha value is -4.60. The number of hydrogen-bond donors (Lipinski definition) is 1. The van der Waals surface area contributed by atoms with Crippen molar-refractivity contribution in [3.63, 3.8) is 0 Å². The zero-order valence-corrected chi connectivity index (χ0v) is 22.7. The largest absolute Gasteiger partial charge is 0.503 e. The second-order valence-electron chi connectivity index (χ2n) is 8.94. The minimum absolute atomic E-state index is 0.0455. The van der Waals surface area contributed by atoms with Crippen LogP contribution in [0.3, 0.4) is 0 Å². The Morgan fingerprint density at radius 3 is 2.83 bits per heavy atom. The van der Waals surface area contributed by atoms with Crippen molar-refractivity contribution < 1.29 is 28.6 Å². The van der Waals surface area contributed by atoms with E-state index in [0.717, 1.165) is 4.70 Å². The number of hydrogen-bond acceptors (Lipinski definition) is 8. The Labute approximate surface area is 237 Å². The lowest BCUT2D eigenvalue weighted by molar-refractivity contribution is -0.117. The average molecular weight is 573 g/mol. The number of aliphatic hydroxyl groups is 1. The maximum atomic E-state index is 14.0. The van der Waals surface area contributed by atoms with Crippen LogP contribution in [-0.4, -0.2) is 35.5 Å². The molecule has 0 radical (unpaired) electrons. The number of para-hydroxylation sites is 1. The highest BCUT2D eigenvalue weighted by molar-refractivity contribution is 7.22. The van der Waals surface area contributed by atoms with Gasteiger partial charge in [0.15, 0.2) is 28.0 Å². The summed E-state index contributed by atoms with van der Waals surface area (Å²) in [5.74, 6) is -1.17. The fourth-order valence-electron chi connectivity index (χ4n) is 4.71. The molecule has 1 N–H and O–H groups in total. The van der Waals surface area contributed by atoms with E-state index in [1.54, 1.807) is 72.8 Å². The van der Waals surface area contributed by atoms with Crippen LogP contribution < -0.4 is 14.4 Å². The molecular formula is C30H21ClN2O6S. The van der Waals surface area contributed by atoms with Gasteiger partial charge >= 0.3 is 0 Å². The number of thiazole rings is 1. The summed E-state index contributed by atoms with van der Waals surface area (Å²) in [6, 6.07) is 18.0. The van der Waals surface area contributed by atoms with Gasteiger partial charge in [-0.15, -0.1) is 0 Å². The minimum atomic E-state index is -1.02. The Morgan fingerprint density at radius 2 is 2.02 bits per heavy atom. The molecule has 8 nitrogen and oxygen atoms in total. The maximum Gasteiger partial charge on any atom is 0.296 e. The summed E-state index contributed by atoms with van der Waals surface area (Å²) in [6.45, 7) is 3.94. The monoisotopic (exact) mass is 572 g/mol. The molecule has 1 aliphatic heterocycles. The van der Waals surface area contributed by atoms with E-state index < -0.39 is 23.5 Å². The molecule has 2 aromatic heterocycles. The van der Waals surface area contributed by atoms with Crippen molar-refractivity contribution >= 4 is 60.9 Å². The molecule has 10 heteroatoms. The van der Waals surface area contributed by atoms with Crippen LogP contribution in [0, 0.1) is 0 Å². The Balaban J connectivity index is 1.50. The summed E-state index contributed by atoms with van der Waals surface area (Å²) in [5, 5.41) is 12.6. The third-order valence-corrected chi connectivity index (χ3v) is 7.74. The lowest BCUT2D eigenvalue weighted by Crippen LogP contribution is -2.31. The second kappa shape index (κ2) is 10.2. The zero-order valence-electron chi connectivity index (χ0n) is 21.1. The first-order chi connectivity index (χ1) is 19.4. The number of amides is 1. The Kier molecular flexibility index (Phi) is 6.53. The first-order valence-corrected chi connectivity index (χ1v) is 13.4. The standard InChI is InChI=1S/C30H21ClN2O6S/c1-3-12-38-19-8-4-6-16(13-19)25-24(26(34)22-14-17-7-5-9-21(37-2)28(17)39-22)27(35)29(36)33(25)30-32-20-11-10-18(31)15-23(20)40-30/h3-11,13-15,25,35H,1,12H2,2H3. The summed E-state index contributed by atoms with van der Waals surface area (Å²) in [4.78, 5) is 33.6. The smallest absolute Gasteiger partial charge is 0.296 e. The van der Waals surface area contributed by atoms with Crippen molar-refractivity contribution in [1.29, 1.82) is 0 Å². The fraction of sp³-hybridized carbons (Fsp3) is 0.100. The molecule has 0 fully saturated rings. The average Bonchev–Trinajstić information content (AvgIpc) is 3.65. The number of aliphatic hydroxyl groups excluding tert-OH is 1. The van der Waals surface area contributed by atoms with Gasteiger partial charge in [-0.3, -0.25) is 14.5 Å². The number of fused-ring (bicyclic) bond motifs is 2. The molecule has 1 aliphatic rings. The number of ketones is 1. The van der Waals surface area contributed by atoms with Gasteiger partial charge in [-0.2, -0.15) is 0 Å². The van der Waals surface area contributed by atoms with E-state index >= 15 is 0 Å². The highest BCUT2D eigenvalue weighted by Gasteiger charge is 2.46. The maximum absolute atomic E-state index is 14.0. The van der Waals surface area contributed by atoms with Crippen LogP contribution in [0.25, 0.3) is 21.2 Å². The van der Waals surface area contributed by atoms with Crippen molar-refractivity contribution in [2.45, 2.75) is 6.04 Å². The summed E-state index contributed by atoms with van der Waals surface area (Å²) < 4.78 is 17.7. The zero-order chi connectivity index (χ0) is 28.0. The molecule has 0 bridgehead atoms. The van der Waals surface area contributed by atoms with Gasteiger partial charge in [-0.1, -0.05) is 59.9 Å². The summed E-state index contributed by atoms with van der Waals surface area (Å²) >= 11 is 7.40. The van der Waals surface area contributed by atoms with Gasteiger partial charge < -0.3 is 19.0 Å². The van der Waals surface area contributed by atoms with Crippen LogP contribution in [-0.2, 0) is 4.79 Å². The van der Waals surface area contributed by atoms with Gasteiger partial charge in [-0.05, 0) is 48.0 Å². The molecule has 6 rings (SSSR count). The molecule has 0 spiro atoms. The van der Waals surface area contributed by atoms with Gasteiger partial charge in [0.25, 0.3) is 5.91 Å². The third kappa shape index (κ3) is 4.29. The molecule has 1 amide bonds. The van der Waals surface area contributed by atoms with Crippen molar-refractivity contribution in [3.05, 3.63) is 107 Å². The number of benzene rings is 3. The molecule has 3 heterocycles. The first kappa shape index (κ1) is 25.7. The molecule has 1 atom stereocenters. The van der Waals surface area contributed by atoms with Crippen LogP contribution in [0.2, 0.25) is 5.02 Å². The highest BCUT2D eigenvalue weighted by Crippen LogP contribution is 2.45. The molecule has 40 heavy (non-hydrogen) atoms. The topological polar surface area (TPSA) is 102 Å². The van der Waals surface area contributed by atoms with E-state index in [1.807, 2.05) is 0 Å². The first-order valence-electron chi connectivity index (χ1n) is 12.2. The summed E-state index contributed by atoms with van der Waals surface area (Å²) in [6.07, 6.45) is 1.61. The molecule has 3 aromatic carbocycles. The van der Waals surface area contributed by atoms with Gasteiger partial charge in [0.1, 0.15) is 12.4 Å². The van der Waals surface area contributed by atoms with Gasteiger partial charge in [0.05, 0.1) is 28.9 Å². The molecule has 1 unspecified atom stereocenters. The fourth-order valence-corrected chi connectivity index (χ4v) is 5.98. The molecular weight excluding hydrogens is 552 g/mol. The quantitative estimate of drug-likeness (QED) is 0.157. The number of carbonyl (C=O) groups excluding carboxylic acids is 2. The molecule has 0 saturated carbocycles. The number of furan rings is 1. The second-order valence-corrected chi connectivity index (χ2v) is 10.4. The van der Waals surface area contributed by atoms with Crippen LogP contribution >= 0.6 is 22.9 Å². The van der Waals surface area contributed by atoms with Crippen molar-refractivity contribution in [2.24, 2.45) is 0 Å². The highest BCUT2D eigenvalue weighted by atomic mass is 35.5. The number of Topliss-reactive ketones (excluding diaryl/α,β-unsaturated/α-hetero) is 1. The SMILES string of the molecule is C=CCOc1cccc(C2C(C(=O)c3cc4cccc(OC)c4o3)=C(O)C(=O)N2c2nc3ccc(Cl)cc3s2)c1. The van der Waals surface area contributed by atoms with Crippen LogP contribution in [0.1, 0.15) is 22.2 Å². The lowest BCUT2D eigenvalue weighted by Gasteiger charge is -2.24. The summed E-state index contributed by atoms with van der Waals surface area (Å²) in [5.41, 5.74) is 1.41. The molecule has 200 valence electrons. The van der Waals surface area contributed by atoms with Crippen molar-refractivity contribution in [2.75, 3.05) is 18.6 Å². The van der Waals surface area contributed by atoms with E-state index in [1.165, 1.54) is 23.3 Å². The number of aromatic nitrogens is 1. The van der Waals surface area contributed by atoms with Crippen LogP contribution in [0.15, 0.2) is 95.1 Å². The van der Waals surface area contributed by atoms with Gasteiger partial charge in [-0.25, -0.2) is 4.98 Å². The van der Waals surface area contributed by atoms with Gasteiger partial charge in [0, 0.05) is 10.4 Å². The predicted octanol–water partition coefficient (Wildman–Crippen LogP) is 7.05. The Bertz CT molecular complexity index is 1860. The molecule has 0 aliphatic carbocycles. The number of methoxy groups -OCH3 is 1.